The van der Waals surface area contributed by atoms with Crippen molar-refractivity contribution in [3.63, 3.8) is 0 Å². The molecule has 0 unspecified atom stereocenters. The monoisotopic (exact) mass is 352 g/mol. The maximum absolute atomic E-state index is 12.5. The number of hydrogen-bond acceptors (Lipinski definition) is 4. The summed E-state index contributed by atoms with van der Waals surface area (Å²) in [5.41, 5.74) is 5.29. The molecule has 0 spiro atoms. The fourth-order valence-corrected chi connectivity index (χ4v) is 3.26. The number of nitrogens with one attached hydrogen (secondary N) is 1. The third kappa shape index (κ3) is 3.43. The van der Waals surface area contributed by atoms with Gasteiger partial charge < -0.3 is 9.47 Å². The van der Waals surface area contributed by atoms with Crippen molar-refractivity contribution in [1.29, 1.82) is 0 Å². The summed E-state index contributed by atoms with van der Waals surface area (Å²) in [4.78, 5) is 12.5. The number of hydrazone groups is 1. The van der Waals surface area contributed by atoms with Crippen LogP contribution in [0.25, 0.3) is 0 Å². The van der Waals surface area contributed by atoms with Crippen molar-refractivity contribution < 1.29 is 14.3 Å². The average Bonchev–Trinajstić information content (AvgIpc) is 3.39. The first-order valence-electron chi connectivity index (χ1n) is 8.61. The maximum atomic E-state index is 12.5. The molecule has 5 nitrogen and oxygen atoms in total. The zero-order chi connectivity index (χ0) is 18.7. The van der Waals surface area contributed by atoms with Gasteiger partial charge in [0.25, 0.3) is 0 Å². The molecular formula is C21H24N2O3. The summed E-state index contributed by atoms with van der Waals surface area (Å²) in [5.74, 6) is 1.25. The van der Waals surface area contributed by atoms with Gasteiger partial charge in [0.15, 0.2) is 0 Å². The van der Waals surface area contributed by atoms with E-state index in [0.29, 0.717) is 17.2 Å². The second-order valence-electron chi connectivity index (χ2n) is 6.78. The molecule has 1 saturated carbocycles. The van der Waals surface area contributed by atoms with Crippen molar-refractivity contribution in [2.75, 3.05) is 14.2 Å². The van der Waals surface area contributed by atoms with Crippen LogP contribution in [0.5, 0.6) is 11.5 Å². The number of methoxy groups -OCH3 is 2. The van der Waals surface area contributed by atoms with Gasteiger partial charge in [-0.15, -0.1) is 0 Å². The van der Waals surface area contributed by atoms with Crippen LogP contribution in [0.3, 0.4) is 0 Å². The Morgan fingerprint density at radius 2 is 1.88 bits per heavy atom. The van der Waals surface area contributed by atoms with E-state index < -0.39 is 0 Å². The summed E-state index contributed by atoms with van der Waals surface area (Å²) >= 11 is 0. The highest BCUT2D eigenvalue weighted by molar-refractivity contribution is 6.02. The number of carbonyl (C=O) groups excluding carboxylic acids is 1. The topological polar surface area (TPSA) is 59.9 Å². The van der Waals surface area contributed by atoms with Crippen LogP contribution in [0.15, 0.2) is 53.6 Å². The van der Waals surface area contributed by atoms with Gasteiger partial charge in [-0.2, -0.15) is 5.10 Å². The van der Waals surface area contributed by atoms with Crippen LogP contribution in [-0.4, -0.2) is 25.8 Å². The lowest BCUT2D eigenvalue weighted by Gasteiger charge is -2.12. The Morgan fingerprint density at radius 1 is 1.15 bits per heavy atom. The normalized spacial score (nSPS) is 21.8. The molecular weight excluding hydrogens is 328 g/mol. The number of carbonyl (C=O) groups is 1. The summed E-state index contributed by atoms with van der Waals surface area (Å²) in [6.07, 6.45) is 0.837. The molecule has 5 heteroatoms. The molecule has 3 rings (SSSR count). The SMILES string of the molecule is COc1ccc(/C(C)=N\NC(=O)[C@@H]2C[C@@]2(C)c2ccccc2)c(OC)c1. The first-order valence-corrected chi connectivity index (χ1v) is 8.61. The first kappa shape index (κ1) is 18.0. The lowest BCUT2D eigenvalue weighted by Crippen LogP contribution is -2.24. The number of ether oxygens (including phenoxy) is 2. The molecule has 1 amide bonds. The number of hydrogen-bond donors (Lipinski definition) is 1. The number of nitrogens with zero attached hydrogens (tertiary/aromatic N) is 1. The molecule has 0 aliphatic heterocycles. The van der Waals surface area contributed by atoms with Crippen molar-refractivity contribution in [2.45, 2.75) is 25.7 Å². The van der Waals surface area contributed by atoms with E-state index in [9.17, 15) is 4.79 Å². The Labute approximate surface area is 154 Å². The smallest absolute Gasteiger partial charge is 0.244 e. The van der Waals surface area contributed by atoms with Crippen molar-refractivity contribution >= 4 is 11.6 Å². The number of rotatable bonds is 6. The highest BCUT2D eigenvalue weighted by Crippen LogP contribution is 2.53. The highest BCUT2D eigenvalue weighted by atomic mass is 16.5. The molecule has 26 heavy (non-hydrogen) atoms. The van der Waals surface area contributed by atoms with Crippen molar-refractivity contribution in [2.24, 2.45) is 11.0 Å². The van der Waals surface area contributed by atoms with E-state index in [4.69, 9.17) is 9.47 Å². The summed E-state index contributed by atoms with van der Waals surface area (Å²) in [6, 6.07) is 15.6. The van der Waals surface area contributed by atoms with Crippen LogP contribution in [0, 0.1) is 5.92 Å². The third-order valence-corrected chi connectivity index (χ3v) is 5.12. The van der Waals surface area contributed by atoms with E-state index in [1.54, 1.807) is 20.3 Å². The zero-order valence-electron chi connectivity index (χ0n) is 15.6. The van der Waals surface area contributed by atoms with Gasteiger partial charge in [-0.25, -0.2) is 5.43 Å². The van der Waals surface area contributed by atoms with E-state index in [2.05, 4.69) is 29.6 Å². The summed E-state index contributed by atoms with van der Waals surface area (Å²) in [5, 5.41) is 4.28. The van der Waals surface area contributed by atoms with Crippen molar-refractivity contribution in [1.82, 2.24) is 5.43 Å². The van der Waals surface area contributed by atoms with Gasteiger partial charge in [0.1, 0.15) is 11.5 Å². The fraction of sp³-hybridized carbons (Fsp3) is 0.333. The quantitative estimate of drug-likeness (QED) is 0.639. The molecule has 1 N–H and O–H groups in total. The molecule has 0 bridgehead atoms. The van der Waals surface area contributed by atoms with E-state index >= 15 is 0 Å². The van der Waals surface area contributed by atoms with Gasteiger partial charge in [0, 0.05) is 17.0 Å². The van der Waals surface area contributed by atoms with Gasteiger partial charge in [-0.3, -0.25) is 4.79 Å². The van der Waals surface area contributed by atoms with Gasteiger partial charge in [-0.05, 0) is 31.0 Å². The summed E-state index contributed by atoms with van der Waals surface area (Å²) in [7, 11) is 3.20. The lowest BCUT2D eigenvalue weighted by atomic mass is 9.95. The Kier molecular flexibility index (Phi) is 4.98. The number of benzene rings is 2. The summed E-state index contributed by atoms with van der Waals surface area (Å²) < 4.78 is 10.6. The molecule has 1 aliphatic carbocycles. The van der Waals surface area contributed by atoms with Crippen molar-refractivity contribution in [3.8, 4) is 11.5 Å². The Morgan fingerprint density at radius 3 is 2.54 bits per heavy atom. The second-order valence-corrected chi connectivity index (χ2v) is 6.78. The standard InChI is InChI=1S/C21H24N2O3/c1-14(17-11-10-16(25-3)12-19(17)26-4)22-23-20(24)18-13-21(18,2)15-8-6-5-7-9-15/h5-12,18H,13H2,1-4H3,(H,23,24)/b22-14-/t18-,21-/m0/s1. The second kappa shape index (κ2) is 7.20. The minimum Gasteiger partial charge on any atom is -0.497 e. The van der Waals surface area contributed by atoms with Crippen LogP contribution in [-0.2, 0) is 10.2 Å². The van der Waals surface area contributed by atoms with E-state index in [1.807, 2.05) is 37.3 Å². The highest BCUT2D eigenvalue weighted by Gasteiger charge is 2.55. The minimum absolute atomic E-state index is 0.0526. The Balaban J connectivity index is 1.70. The number of amides is 1. The molecule has 2 aromatic carbocycles. The van der Waals surface area contributed by atoms with Crippen LogP contribution < -0.4 is 14.9 Å². The predicted molar refractivity (Wildman–Crippen MR) is 102 cm³/mol. The van der Waals surface area contributed by atoms with Crippen LogP contribution in [0.1, 0.15) is 31.4 Å². The van der Waals surface area contributed by atoms with Crippen LogP contribution in [0.4, 0.5) is 0 Å². The largest absolute Gasteiger partial charge is 0.497 e. The van der Waals surface area contributed by atoms with Gasteiger partial charge in [-0.1, -0.05) is 37.3 Å². The van der Waals surface area contributed by atoms with Gasteiger partial charge in [0.05, 0.1) is 25.8 Å². The van der Waals surface area contributed by atoms with Crippen molar-refractivity contribution in [3.05, 3.63) is 59.7 Å². The molecule has 2 atom stereocenters. The fourth-order valence-electron chi connectivity index (χ4n) is 3.26. The predicted octanol–water partition coefficient (Wildman–Crippen LogP) is 3.52. The van der Waals surface area contributed by atoms with Gasteiger partial charge >= 0.3 is 0 Å². The third-order valence-electron chi connectivity index (χ3n) is 5.12. The first-order chi connectivity index (χ1) is 12.5. The molecule has 0 heterocycles. The molecule has 0 radical (unpaired) electrons. The van der Waals surface area contributed by atoms with E-state index in [0.717, 1.165) is 12.0 Å². The summed E-state index contributed by atoms with van der Waals surface area (Å²) in [6.45, 7) is 3.96. The van der Waals surface area contributed by atoms with E-state index in [-0.39, 0.29) is 17.2 Å². The van der Waals surface area contributed by atoms with Gasteiger partial charge in [0.2, 0.25) is 5.91 Å². The molecule has 0 saturated heterocycles. The Bertz CT molecular complexity index is 832. The van der Waals surface area contributed by atoms with E-state index in [1.165, 1.54) is 5.56 Å². The maximum Gasteiger partial charge on any atom is 0.244 e. The Hall–Kier alpha value is -2.82. The molecule has 1 aliphatic rings. The van der Waals surface area contributed by atoms with Crippen LogP contribution in [0.2, 0.25) is 0 Å². The molecule has 1 fully saturated rings. The zero-order valence-corrected chi connectivity index (χ0v) is 15.6. The lowest BCUT2D eigenvalue weighted by molar-refractivity contribution is -0.122. The molecule has 2 aromatic rings. The molecule has 0 aromatic heterocycles. The average molecular weight is 352 g/mol. The molecule has 136 valence electrons. The minimum atomic E-state index is -0.105. The van der Waals surface area contributed by atoms with Crippen LogP contribution >= 0.6 is 0 Å².